The predicted octanol–water partition coefficient (Wildman–Crippen LogP) is 4.42. The quantitative estimate of drug-likeness (QED) is 0.568. The van der Waals surface area contributed by atoms with Crippen LogP contribution < -0.4 is 0 Å². The lowest BCUT2D eigenvalue weighted by Gasteiger charge is -2.46. The van der Waals surface area contributed by atoms with Gasteiger partial charge in [-0.25, -0.2) is 0 Å². The van der Waals surface area contributed by atoms with Gasteiger partial charge in [-0.1, -0.05) is 26.8 Å². The van der Waals surface area contributed by atoms with Gasteiger partial charge in [0, 0.05) is 0 Å². The Morgan fingerprint density at radius 1 is 1.21 bits per heavy atom. The van der Waals surface area contributed by atoms with E-state index in [2.05, 4.69) is 33.4 Å². The zero-order valence-corrected chi connectivity index (χ0v) is 9.97. The first kappa shape index (κ1) is 10.3. The predicted molar refractivity (Wildman–Crippen MR) is 62.2 cm³/mol. The largest absolute Gasteiger partial charge is 0.103 e. The molecule has 0 heteroatoms. The van der Waals surface area contributed by atoms with E-state index in [1.54, 1.807) is 0 Å². The first-order chi connectivity index (χ1) is 6.47. The van der Waals surface area contributed by atoms with Crippen LogP contribution in [-0.2, 0) is 0 Å². The van der Waals surface area contributed by atoms with Crippen molar-refractivity contribution in [3.05, 3.63) is 12.7 Å². The molecular weight excluding hydrogens is 168 g/mol. The average molecular weight is 192 g/mol. The highest BCUT2D eigenvalue weighted by atomic mass is 14.5. The zero-order valence-electron chi connectivity index (χ0n) is 9.97. The normalized spacial score (nSPS) is 42.1. The van der Waals surface area contributed by atoms with Crippen molar-refractivity contribution in [2.45, 2.75) is 52.9 Å². The summed E-state index contributed by atoms with van der Waals surface area (Å²) in [5.74, 6) is 1.86. The van der Waals surface area contributed by atoms with Gasteiger partial charge in [0.25, 0.3) is 0 Å². The summed E-state index contributed by atoms with van der Waals surface area (Å²) in [6, 6.07) is 0. The molecule has 0 amide bonds. The van der Waals surface area contributed by atoms with E-state index in [-0.39, 0.29) is 0 Å². The summed E-state index contributed by atoms with van der Waals surface area (Å²) < 4.78 is 0. The second kappa shape index (κ2) is 3.12. The molecule has 2 aliphatic carbocycles. The van der Waals surface area contributed by atoms with Crippen molar-refractivity contribution in [2.75, 3.05) is 0 Å². The summed E-state index contributed by atoms with van der Waals surface area (Å²) in [6.07, 6.45) is 9.37. The van der Waals surface area contributed by atoms with E-state index in [4.69, 9.17) is 0 Å². The van der Waals surface area contributed by atoms with Crippen LogP contribution in [0.5, 0.6) is 0 Å². The van der Waals surface area contributed by atoms with Crippen LogP contribution in [0.25, 0.3) is 0 Å². The Morgan fingerprint density at radius 2 is 1.86 bits per heavy atom. The van der Waals surface area contributed by atoms with Gasteiger partial charge in [-0.05, 0) is 54.8 Å². The van der Waals surface area contributed by atoms with Crippen molar-refractivity contribution in [3.8, 4) is 0 Å². The Morgan fingerprint density at radius 3 is 2.29 bits per heavy atom. The molecule has 2 aliphatic rings. The molecular formula is C14H24. The smallest absolute Gasteiger partial charge is 0.00850 e. The Bertz CT molecular complexity index is 234. The van der Waals surface area contributed by atoms with Crippen LogP contribution in [0.15, 0.2) is 12.7 Å². The molecule has 0 aromatic heterocycles. The monoisotopic (exact) mass is 192 g/mol. The first-order valence-corrected chi connectivity index (χ1v) is 6.11. The molecule has 2 fully saturated rings. The van der Waals surface area contributed by atoms with E-state index in [1.165, 1.54) is 32.1 Å². The van der Waals surface area contributed by atoms with Crippen LogP contribution in [0.1, 0.15) is 52.9 Å². The van der Waals surface area contributed by atoms with Crippen LogP contribution in [0.3, 0.4) is 0 Å². The second-order valence-corrected chi connectivity index (χ2v) is 6.57. The molecule has 0 aliphatic heterocycles. The van der Waals surface area contributed by atoms with Gasteiger partial charge < -0.3 is 0 Å². The highest BCUT2D eigenvalue weighted by Crippen LogP contribution is 2.59. The molecule has 0 aromatic rings. The van der Waals surface area contributed by atoms with Crippen molar-refractivity contribution < 1.29 is 0 Å². The van der Waals surface area contributed by atoms with Crippen molar-refractivity contribution >= 4 is 0 Å². The van der Waals surface area contributed by atoms with E-state index in [1.807, 2.05) is 0 Å². The standard InChI is InChI=1S/C14H24/c1-5-14(12-6-7-12)9-11(2)8-13(3,4)10-14/h5,11-12H,1,6-10H2,2-4H3. The minimum absolute atomic E-state index is 0.501. The van der Waals surface area contributed by atoms with Crippen LogP contribution >= 0.6 is 0 Å². The molecule has 14 heavy (non-hydrogen) atoms. The molecule has 2 unspecified atom stereocenters. The number of hydrogen-bond acceptors (Lipinski definition) is 0. The molecule has 2 rings (SSSR count). The van der Waals surface area contributed by atoms with Gasteiger partial charge in [-0.15, -0.1) is 6.58 Å². The molecule has 0 aromatic carbocycles. The Kier molecular flexibility index (Phi) is 2.28. The van der Waals surface area contributed by atoms with Crippen LogP contribution in [-0.4, -0.2) is 0 Å². The highest BCUT2D eigenvalue weighted by Gasteiger charge is 2.49. The number of allylic oxidation sites excluding steroid dienone is 1. The van der Waals surface area contributed by atoms with E-state index in [0.29, 0.717) is 10.8 Å². The molecule has 0 spiro atoms. The second-order valence-electron chi connectivity index (χ2n) is 6.57. The van der Waals surface area contributed by atoms with E-state index in [9.17, 15) is 0 Å². The topological polar surface area (TPSA) is 0 Å². The van der Waals surface area contributed by atoms with Crippen molar-refractivity contribution in [3.63, 3.8) is 0 Å². The molecule has 2 atom stereocenters. The summed E-state index contributed by atoms with van der Waals surface area (Å²) in [7, 11) is 0. The van der Waals surface area contributed by atoms with Crippen LogP contribution in [0.2, 0.25) is 0 Å². The fourth-order valence-electron chi connectivity index (χ4n) is 3.99. The third-order valence-electron chi connectivity index (χ3n) is 4.23. The maximum Gasteiger partial charge on any atom is -0.00850 e. The van der Waals surface area contributed by atoms with Gasteiger partial charge >= 0.3 is 0 Å². The fourth-order valence-corrected chi connectivity index (χ4v) is 3.99. The summed E-state index contributed by atoms with van der Waals surface area (Å²) in [5, 5.41) is 0. The van der Waals surface area contributed by atoms with Gasteiger partial charge in [0.2, 0.25) is 0 Å². The summed E-state index contributed by atoms with van der Waals surface area (Å²) in [4.78, 5) is 0. The SMILES string of the molecule is C=CC1(C2CC2)CC(C)CC(C)(C)C1. The molecule has 0 N–H and O–H groups in total. The molecule has 0 bridgehead atoms. The number of hydrogen-bond donors (Lipinski definition) is 0. The molecule has 80 valence electrons. The van der Waals surface area contributed by atoms with Gasteiger partial charge in [0.1, 0.15) is 0 Å². The third-order valence-corrected chi connectivity index (χ3v) is 4.23. The lowest BCUT2D eigenvalue weighted by atomic mass is 9.58. The van der Waals surface area contributed by atoms with Crippen molar-refractivity contribution in [1.82, 2.24) is 0 Å². The third kappa shape index (κ3) is 1.76. The minimum Gasteiger partial charge on any atom is -0.103 e. The van der Waals surface area contributed by atoms with E-state index < -0.39 is 0 Å². The molecule has 0 saturated heterocycles. The average Bonchev–Trinajstić information content (AvgIpc) is 2.82. The Balaban J connectivity index is 2.20. The van der Waals surface area contributed by atoms with Crippen molar-refractivity contribution in [2.24, 2.45) is 22.7 Å². The summed E-state index contributed by atoms with van der Waals surface area (Å²) in [5.41, 5.74) is 1.04. The van der Waals surface area contributed by atoms with Gasteiger partial charge in [0.15, 0.2) is 0 Å². The van der Waals surface area contributed by atoms with E-state index in [0.717, 1.165) is 11.8 Å². The van der Waals surface area contributed by atoms with Gasteiger partial charge in [0.05, 0.1) is 0 Å². The summed E-state index contributed by atoms with van der Waals surface area (Å²) >= 11 is 0. The van der Waals surface area contributed by atoms with E-state index >= 15 is 0 Å². The maximum atomic E-state index is 4.12. The van der Waals surface area contributed by atoms with Crippen molar-refractivity contribution in [1.29, 1.82) is 0 Å². The zero-order chi connectivity index (χ0) is 10.4. The number of rotatable bonds is 2. The Hall–Kier alpha value is -0.260. The maximum absolute atomic E-state index is 4.12. The fraction of sp³-hybridized carbons (Fsp3) is 0.857. The summed E-state index contributed by atoms with van der Waals surface area (Å²) in [6.45, 7) is 11.4. The lowest BCUT2D eigenvalue weighted by Crippen LogP contribution is -2.36. The lowest BCUT2D eigenvalue weighted by molar-refractivity contribution is 0.0666. The molecule has 2 saturated carbocycles. The van der Waals surface area contributed by atoms with Crippen LogP contribution in [0, 0.1) is 22.7 Å². The highest BCUT2D eigenvalue weighted by molar-refractivity contribution is 5.09. The molecule has 0 radical (unpaired) electrons. The first-order valence-electron chi connectivity index (χ1n) is 6.11. The molecule has 0 heterocycles. The van der Waals surface area contributed by atoms with Gasteiger partial charge in [-0.2, -0.15) is 0 Å². The van der Waals surface area contributed by atoms with Gasteiger partial charge in [-0.3, -0.25) is 0 Å². The van der Waals surface area contributed by atoms with Crippen LogP contribution in [0.4, 0.5) is 0 Å². The Labute approximate surface area is 88.8 Å². The molecule has 0 nitrogen and oxygen atoms in total. The minimum atomic E-state index is 0.501.